The second-order valence-corrected chi connectivity index (χ2v) is 3.92. The van der Waals surface area contributed by atoms with Crippen molar-refractivity contribution in [1.82, 2.24) is 0 Å². The summed E-state index contributed by atoms with van der Waals surface area (Å²) in [5, 5.41) is 23.7. The average Bonchev–Trinajstić information content (AvgIpc) is 3.22. The van der Waals surface area contributed by atoms with Gasteiger partial charge in [0.25, 0.3) is 0 Å². The van der Waals surface area contributed by atoms with Crippen molar-refractivity contribution in [2.75, 3.05) is 46.2 Å². The van der Waals surface area contributed by atoms with Gasteiger partial charge >= 0.3 is 0 Å². The summed E-state index contributed by atoms with van der Waals surface area (Å²) in [6, 6.07) is 0. The summed E-state index contributed by atoms with van der Waals surface area (Å²) in [6.07, 6.45) is 2.22. The van der Waals surface area contributed by atoms with Crippen LogP contribution in [0.1, 0.15) is 19.8 Å². The molecule has 110 valence electrons. The number of epoxide rings is 2. The zero-order valence-corrected chi connectivity index (χ0v) is 11.1. The van der Waals surface area contributed by atoms with E-state index >= 15 is 0 Å². The lowest BCUT2D eigenvalue weighted by Gasteiger charge is -1.95. The minimum Gasteiger partial charge on any atom is -0.397 e. The van der Waals surface area contributed by atoms with E-state index in [1.165, 1.54) is 0 Å². The van der Waals surface area contributed by atoms with Crippen LogP contribution in [-0.4, -0.2) is 73.8 Å². The normalized spacial score (nSPS) is 23.3. The zero-order valence-electron chi connectivity index (χ0n) is 11.1. The highest BCUT2D eigenvalue weighted by Gasteiger charge is 2.26. The Morgan fingerprint density at radius 1 is 0.944 bits per heavy atom. The fourth-order valence-corrected chi connectivity index (χ4v) is 0.883. The molecule has 6 nitrogen and oxygen atoms in total. The van der Waals surface area contributed by atoms with Crippen molar-refractivity contribution in [2.24, 2.45) is 0 Å². The first kappa shape index (κ1) is 17.8. The van der Waals surface area contributed by atoms with Gasteiger partial charge < -0.3 is 29.5 Å². The van der Waals surface area contributed by atoms with E-state index < -0.39 is 0 Å². The highest BCUT2D eigenvalue weighted by Crippen LogP contribution is 2.12. The van der Waals surface area contributed by atoms with Crippen LogP contribution >= 0.6 is 0 Å². The van der Waals surface area contributed by atoms with Crippen molar-refractivity contribution < 1.29 is 29.5 Å². The quantitative estimate of drug-likeness (QED) is 0.427. The molecule has 2 rings (SSSR count). The summed E-state index contributed by atoms with van der Waals surface area (Å²) in [5.74, 6) is 0. The Bertz CT molecular complexity index is 143. The summed E-state index contributed by atoms with van der Waals surface area (Å²) < 4.78 is 15.1. The number of aliphatic hydroxyl groups excluding tert-OH is 3. The smallest absolute Gasteiger partial charge is 0.104 e. The first-order valence-corrected chi connectivity index (χ1v) is 6.41. The lowest BCUT2D eigenvalue weighted by atomic mass is 10.3. The van der Waals surface area contributed by atoms with Crippen molar-refractivity contribution in [2.45, 2.75) is 32.0 Å². The third-order valence-corrected chi connectivity index (χ3v) is 1.98. The van der Waals surface area contributed by atoms with Gasteiger partial charge in [-0.05, 0) is 19.8 Å². The van der Waals surface area contributed by atoms with Gasteiger partial charge in [0.15, 0.2) is 0 Å². The molecule has 0 radical (unpaired) electrons. The van der Waals surface area contributed by atoms with Crippen molar-refractivity contribution in [3.8, 4) is 0 Å². The SMILES string of the molecule is C(OCC1CO1)C1CO1.CCO.OCCCCO. The van der Waals surface area contributed by atoms with Gasteiger partial charge in [-0.3, -0.25) is 0 Å². The van der Waals surface area contributed by atoms with E-state index in [2.05, 4.69) is 0 Å². The molecule has 18 heavy (non-hydrogen) atoms. The van der Waals surface area contributed by atoms with Crippen LogP contribution in [0, 0.1) is 0 Å². The molecule has 0 spiro atoms. The molecule has 2 saturated heterocycles. The summed E-state index contributed by atoms with van der Waals surface area (Å²) >= 11 is 0. The van der Waals surface area contributed by atoms with Gasteiger partial charge in [0, 0.05) is 19.8 Å². The van der Waals surface area contributed by atoms with Crippen LogP contribution in [0.2, 0.25) is 0 Å². The fourth-order valence-electron chi connectivity index (χ4n) is 0.883. The van der Waals surface area contributed by atoms with Crippen LogP contribution in [0.4, 0.5) is 0 Å². The largest absolute Gasteiger partial charge is 0.397 e. The molecular weight excluding hydrogens is 240 g/mol. The molecule has 0 aliphatic carbocycles. The predicted octanol–water partition coefficient (Wildman–Crippen LogP) is -0.450. The molecule has 2 fully saturated rings. The molecule has 0 bridgehead atoms. The lowest BCUT2D eigenvalue weighted by Crippen LogP contribution is -2.06. The van der Waals surface area contributed by atoms with E-state index in [9.17, 15) is 0 Å². The Balaban J connectivity index is 0.000000282. The van der Waals surface area contributed by atoms with Crippen molar-refractivity contribution in [1.29, 1.82) is 0 Å². The second kappa shape index (κ2) is 13.2. The maximum absolute atomic E-state index is 8.09. The standard InChI is InChI=1S/C6H10O3.C4H10O2.C2H6O/c1(5-3-8-5)7-2-6-4-9-6;5-3-1-2-4-6;1-2-3/h5-6H,1-4H2;5-6H,1-4H2;3H,2H2,1H3. The molecular formula is C12H26O6. The van der Waals surface area contributed by atoms with Gasteiger partial charge in [0.05, 0.1) is 26.4 Å². The van der Waals surface area contributed by atoms with E-state index in [1.807, 2.05) is 0 Å². The molecule has 0 aromatic carbocycles. The molecule has 0 amide bonds. The number of hydrogen-bond donors (Lipinski definition) is 3. The summed E-state index contributed by atoms with van der Waals surface area (Å²) in [5.41, 5.74) is 0. The Labute approximate surface area is 108 Å². The van der Waals surface area contributed by atoms with Crippen molar-refractivity contribution >= 4 is 0 Å². The Hall–Kier alpha value is -0.240. The molecule has 2 unspecified atom stereocenters. The van der Waals surface area contributed by atoms with Crippen LogP contribution in [0.25, 0.3) is 0 Å². The molecule has 2 heterocycles. The maximum atomic E-state index is 8.09. The minimum atomic E-state index is 0.195. The third-order valence-electron chi connectivity index (χ3n) is 1.98. The number of hydrogen-bond acceptors (Lipinski definition) is 6. The molecule has 0 saturated carbocycles. The van der Waals surface area contributed by atoms with Gasteiger partial charge in [-0.2, -0.15) is 0 Å². The third kappa shape index (κ3) is 15.8. The highest BCUT2D eigenvalue weighted by molar-refractivity contribution is 4.71. The number of unbranched alkanes of at least 4 members (excludes halogenated alkanes) is 1. The van der Waals surface area contributed by atoms with E-state index in [1.54, 1.807) is 6.92 Å². The number of aliphatic hydroxyl groups is 3. The first-order chi connectivity index (χ1) is 8.78. The zero-order chi connectivity index (χ0) is 13.6. The van der Waals surface area contributed by atoms with E-state index in [0.29, 0.717) is 12.2 Å². The predicted molar refractivity (Wildman–Crippen MR) is 66.5 cm³/mol. The summed E-state index contributed by atoms with van der Waals surface area (Å²) in [4.78, 5) is 0. The Morgan fingerprint density at radius 2 is 1.28 bits per heavy atom. The van der Waals surface area contributed by atoms with Crippen LogP contribution in [-0.2, 0) is 14.2 Å². The topological polar surface area (TPSA) is 95.0 Å². The maximum Gasteiger partial charge on any atom is 0.104 e. The van der Waals surface area contributed by atoms with Gasteiger partial charge in [-0.25, -0.2) is 0 Å². The monoisotopic (exact) mass is 266 g/mol. The summed E-state index contributed by atoms with van der Waals surface area (Å²) in [6.45, 7) is 5.58. The van der Waals surface area contributed by atoms with Crippen molar-refractivity contribution in [3.63, 3.8) is 0 Å². The van der Waals surface area contributed by atoms with Crippen LogP contribution < -0.4 is 0 Å². The highest BCUT2D eigenvalue weighted by atomic mass is 16.6. The Morgan fingerprint density at radius 3 is 1.50 bits per heavy atom. The second-order valence-electron chi connectivity index (χ2n) is 3.92. The fraction of sp³-hybridized carbons (Fsp3) is 1.00. The van der Waals surface area contributed by atoms with Crippen LogP contribution in [0.5, 0.6) is 0 Å². The van der Waals surface area contributed by atoms with Gasteiger partial charge in [-0.1, -0.05) is 0 Å². The molecule has 3 N–H and O–H groups in total. The van der Waals surface area contributed by atoms with Crippen molar-refractivity contribution in [3.05, 3.63) is 0 Å². The van der Waals surface area contributed by atoms with Crippen LogP contribution in [0.3, 0.4) is 0 Å². The molecule has 0 aromatic rings. The molecule has 2 atom stereocenters. The van der Waals surface area contributed by atoms with Gasteiger partial charge in [0.2, 0.25) is 0 Å². The number of ether oxygens (including phenoxy) is 3. The van der Waals surface area contributed by atoms with Crippen LogP contribution in [0.15, 0.2) is 0 Å². The Kier molecular flexibility index (Phi) is 13.0. The molecule has 0 aromatic heterocycles. The van der Waals surface area contributed by atoms with Gasteiger partial charge in [0.1, 0.15) is 12.2 Å². The molecule has 2 aliphatic rings. The molecule has 6 heteroatoms. The van der Waals surface area contributed by atoms with Gasteiger partial charge in [-0.15, -0.1) is 0 Å². The van der Waals surface area contributed by atoms with E-state index in [0.717, 1.165) is 39.3 Å². The van der Waals surface area contributed by atoms with E-state index in [4.69, 9.17) is 29.5 Å². The van der Waals surface area contributed by atoms with E-state index in [-0.39, 0.29) is 19.8 Å². The summed E-state index contributed by atoms with van der Waals surface area (Å²) in [7, 11) is 0. The first-order valence-electron chi connectivity index (χ1n) is 6.41. The lowest BCUT2D eigenvalue weighted by molar-refractivity contribution is 0.102. The number of rotatable bonds is 7. The average molecular weight is 266 g/mol. The molecule has 2 aliphatic heterocycles. The minimum absolute atomic E-state index is 0.195.